The summed E-state index contributed by atoms with van der Waals surface area (Å²) in [6, 6.07) is 14.0. The molecule has 110 valence electrons. The Morgan fingerprint density at radius 1 is 1.14 bits per heavy atom. The molecular formula is C17H21N3O. The van der Waals surface area contributed by atoms with Crippen LogP contribution >= 0.6 is 0 Å². The van der Waals surface area contributed by atoms with Crippen molar-refractivity contribution in [3.05, 3.63) is 59.8 Å². The second-order valence-electron chi connectivity index (χ2n) is 5.18. The first-order chi connectivity index (χ1) is 10.1. The fourth-order valence-electron chi connectivity index (χ4n) is 2.01. The van der Waals surface area contributed by atoms with Crippen molar-refractivity contribution in [1.82, 2.24) is 10.3 Å². The molecule has 0 aliphatic heterocycles. The molecule has 1 amide bonds. The van der Waals surface area contributed by atoms with Crippen LogP contribution in [-0.2, 0) is 17.8 Å². The Hall–Kier alpha value is -2.36. The third-order valence-corrected chi connectivity index (χ3v) is 3.24. The van der Waals surface area contributed by atoms with Crippen LogP contribution in [0.3, 0.4) is 0 Å². The highest BCUT2D eigenvalue weighted by Gasteiger charge is 2.04. The van der Waals surface area contributed by atoms with Crippen molar-refractivity contribution < 1.29 is 4.79 Å². The minimum Gasteiger partial charge on any atom is -0.363 e. The third-order valence-electron chi connectivity index (χ3n) is 3.24. The largest absolute Gasteiger partial charge is 0.363 e. The lowest BCUT2D eigenvalue weighted by Gasteiger charge is -2.12. The quantitative estimate of drug-likeness (QED) is 0.885. The zero-order chi connectivity index (χ0) is 15.1. The van der Waals surface area contributed by atoms with E-state index in [1.54, 1.807) is 6.20 Å². The highest BCUT2D eigenvalue weighted by atomic mass is 16.1. The zero-order valence-electron chi connectivity index (χ0n) is 12.5. The Morgan fingerprint density at radius 2 is 1.90 bits per heavy atom. The number of benzene rings is 1. The lowest BCUT2D eigenvalue weighted by Crippen LogP contribution is -2.23. The van der Waals surface area contributed by atoms with Crippen LogP contribution in [0.15, 0.2) is 48.7 Å². The van der Waals surface area contributed by atoms with Crippen LogP contribution < -0.4 is 10.2 Å². The van der Waals surface area contributed by atoms with E-state index in [-0.39, 0.29) is 5.91 Å². The number of aromatic nitrogens is 1. The predicted octanol–water partition coefficient (Wildman–Crippen LogP) is 2.40. The first kappa shape index (κ1) is 15.0. The van der Waals surface area contributed by atoms with Gasteiger partial charge in [-0.1, -0.05) is 30.3 Å². The summed E-state index contributed by atoms with van der Waals surface area (Å²) >= 11 is 0. The molecule has 0 atom stereocenters. The number of hydrogen-bond acceptors (Lipinski definition) is 3. The molecule has 1 aromatic carbocycles. The fraction of sp³-hybridized carbons (Fsp3) is 0.294. The summed E-state index contributed by atoms with van der Waals surface area (Å²) < 4.78 is 0. The maximum Gasteiger partial charge on any atom is 0.220 e. The number of hydrogen-bond donors (Lipinski definition) is 1. The molecular weight excluding hydrogens is 262 g/mol. The average molecular weight is 283 g/mol. The lowest BCUT2D eigenvalue weighted by molar-refractivity contribution is -0.121. The summed E-state index contributed by atoms with van der Waals surface area (Å²) in [6.07, 6.45) is 3.04. The first-order valence-corrected chi connectivity index (χ1v) is 7.08. The maximum absolute atomic E-state index is 11.9. The Labute approximate surface area is 125 Å². The molecule has 0 radical (unpaired) electrons. The topological polar surface area (TPSA) is 45.2 Å². The van der Waals surface area contributed by atoms with Gasteiger partial charge in [-0.15, -0.1) is 0 Å². The zero-order valence-corrected chi connectivity index (χ0v) is 12.5. The predicted molar refractivity (Wildman–Crippen MR) is 85.2 cm³/mol. The summed E-state index contributed by atoms with van der Waals surface area (Å²) in [5.74, 6) is 0.966. The van der Waals surface area contributed by atoms with Gasteiger partial charge in [-0.05, 0) is 29.7 Å². The Kier molecular flexibility index (Phi) is 5.32. The van der Waals surface area contributed by atoms with Gasteiger partial charge < -0.3 is 10.2 Å². The third kappa shape index (κ3) is 4.91. The smallest absolute Gasteiger partial charge is 0.220 e. The molecule has 0 aliphatic carbocycles. The molecule has 4 heteroatoms. The monoisotopic (exact) mass is 283 g/mol. The SMILES string of the molecule is CN(C)c1cc(CNC(=O)CCc2ccccc2)ccn1. The van der Waals surface area contributed by atoms with E-state index in [9.17, 15) is 4.79 Å². The van der Waals surface area contributed by atoms with Crippen molar-refractivity contribution in [3.63, 3.8) is 0 Å². The van der Waals surface area contributed by atoms with Gasteiger partial charge in [-0.25, -0.2) is 4.98 Å². The van der Waals surface area contributed by atoms with Crippen molar-refractivity contribution in [2.24, 2.45) is 0 Å². The summed E-state index contributed by atoms with van der Waals surface area (Å²) in [5, 5.41) is 2.95. The van der Waals surface area contributed by atoms with Crippen LogP contribution in [0, 0.1) is 0 Å². The molecule has 1 N–H and O–H groups in total. The van der Waals surface area contributed by atoms with Crippen LogP contribution in [0.5, 0.6) is 0 Å². The van der Waals surface area contributed by atoms with Gasteiger partial charge >= 0.3 is 0 Å². The van der Waals surface area contributed by atoms with E-state index in [4.69, 9.17) is 0 Å². The number of carbonyl (C=O) groups excluding carboxylic acids is 1. The van der Waals surface area contributed by atoms with Crippen molar-refractivity contribution in [3.8, 4) is 0 Å². The van der Waals surface area contributed by atoms with Gasteiger partial charge in [0.2, 0.25) is 5.91 Å². The minimum atomic E-state index is 0.0714. The molecule has 0 fully saturated rings. The van der Waals surface area contributed by atoms with E-state index in [1.165, 1.54) is 5.56 Å². The second-order valence-corrected chi connectivity index (χ2v) is 5.18. The average Bonchev–Trinajstić information content (AvgIpc) is 2.52. The van der Waals surface area contributed by atoms with Gasteiger partial charge in [0.05, 0.1) is 0 Å². The molecule has 0 bridgehead atoms. The molecule has 0 unspecified atom stereocenters. The highest BCUT2D eigenvalue weighted by Crippen LogP contribution is 2.09. The number of pyridine rings is 1. The Bertz CT molecular complexity index is 582. The number of nitrogens with one attached hydrogen (secondary N) is 1. The van der Waals surface area contributed by atoms with Gasteiger partial charge in [-0.2, -0.15) is 0 Å². The van der Waals surface area contributed by atoms with Crippen molar-refractivity contribution in [2.75, 3.05) is 19.0 Å². The van der Waals surface area contributed by atoms with Crippen LogP contribution in [0.1, 0.15) is 17.5 Å². The van der Waals surface area contributed by atoms with Gasteiger partial charge in [-0.3, -0.25) is 4.79 Å². The first-order valence-electron chi connectivity index (χ1n) is 7.08. The number of nitrogens with zero attached hydrogens (tertiary/aromatic N) is 2. The van der Waals surface area contributed by atoms with Crippen LogP contribution in [0.25, 0.3) is 0 Å². The number of aryl methyl sites for hydroxylation is 1. The molecule has 2 rings (SSSR count). The Balaban J connectivity index is 1.80. The van der Waals surface area contributed by atoms with Crippen molar-refractivity contribution in [1.29, 1.82) is 0 Å². The van der Waals surface area contributed by atoms with E-state index < -0.39 is 0 Å². The summed E-state index contributed by atoms with van der Waals surface area (Å²) in [4.78, 5) is 18.1. The summed E-state index contributed by atoms with van der Waals surface area (Å²) in [6.45, 7) is 0.539. The molecule has 1 aromatic heterocycles. The van der Waals surface area contributed by atoms with E-state index in [0.29, 0.717) is 13.0 Å². The van der Waals surface area contributed by atoms with Gasteiger partial charge in [0.15, 0.2) is 0 Å². The molecule has 21 heavy (non-hydrogen) atoms. The van der Waals surface area contributed by atoms with E-state index in [2.05, 4.69) is 10.3 Å². The summed E-state index contributed by atoms with van der Waals surface area (Å²) in [7, 11) is 3.90. The van der Waals surface area contributed by atoms with Crippen molar-refractivity contribution >= 4 is 11.7 Å². The fourth-order valence-corrected chi connectivity index (χ4v) is 2.01. The lowest BCUT2D eigenvalue weighted by atomic mass is 10.1. The van der Waals surface area contributed by atoms with E-state index in [1.807, 2.05) is 61.5 Å². The molecule has 0 spiro atoms. The molecule has 4 nitrogen and oxygen atoms in total. The van der Waals surface area contributed by atoms with Crippen LogP contribution in [-0.4, -0.2) is 25.0 Å². The highest BCUT2D eigenvalue weighted by molar-refractivity contribution is 5.76. The standard InChI is InChI=1S/C17H21N3O/c1-20(2)16-12-15(10-11-18-16)13-19-17(21)9-8-14-6-4-3-5-7-14/h3-7,10-12H,8-9,13H2,1-2H3,(H,19,21). The van der Waals surface area contributed by atoms with Gasteiger partial charge in [0.25, 0.3) is 0 Å². The van der Waals surface area contributed by atoms with Gasteiger partial charge in [0, 0.05) is 33.3 Å². The normalized spacial score (nSPS) is 10.2. The van der Waals surface area contributed by atoms with Crippen molar-refractivity contribution in [2.45, 2.75) is 19.4 Å². The molecule has 0 aliphatic rings. The van der Waals surface area contributed by atoms with E-state index in [0.717, 1.165) is 17.8 Å². The maximum atomic E-state index is 11.9. The number of amides is 1. The molecule has 2 aromatic rings. The number of anilines is 1. The van der Waals surface area contributed by atoms with Crippen LogP contribution in [0.4, 0.5) is 5.82 Å². The number of rotatable bonds is 6. The number of carbonyl (C=O) groups is 1. The Morgan fingerprint density at radius 3 is 2.62 bits per heavy atom. The molecule has 0 saturated heterocycles. The molecule has 0 saturated carbocycles. The minimum absolute atomic E-state index is 0.0714. The second kappa shape index (κ2) is 7.43. The summed E-state index contributed by atoms with van der Waals surface area (Å²) in [5.41, 5.74) is 2.24. The van der Waals surface area contributed by atoms with Crippen LogP contribution in [0.2, 0.25) is 0 Å². The molecule has 1 heterocycles. The van der Waals surface area contributed by atoms with Gasteiger partial charge in [0.1, 0.15) is 5.82 Å². The van der Waals surface area contributed by atoms with E-state index >= 15 is 0 Å².